The molecule has 1 N–H and O–H groups in total. The summed E-state index contributed by atoms with van der Waals surface area (Å²) in [5.74, 6) is 2.29. The number of amides is 1. The predicted molar refractivity (Wildman–Crippen MR) is 67.2 cm³/mol. The molecule has 0 saturated carbocycles. The Morgan fingerprint density at radius 1 is 1.25 bits per heavy atom. The van der Waals surface area contributed by atoms with Crippen LogP contribution in [-0.2, 0) is 11.2 Å². The summed E-state index contributed by atoms with van der Waals surface area (Å²) in [6.45, 7) is 1.90. The Morgan fingerprint density at radius 2 is 1.94 bits per heavy atom. The largest absolute Gasteiger partial charge is 0.289 e. The van der Waals surface area contributed by atoms with Crippen molar-refractivity contribution in [2.75, 3.05) is 24.6 Å². The van der Waals surface area contributed by atoms with Crippen molar-refractivity contribution in [3.8, 4) is 0 Å². The minimum absolute atomic E-state index is 0.0816. The van der Waals surface area contributed by atoms with Gasteiger partial charge in [0.2, 0.25) is 5.91 Å². The first kappa shape index (κ1) is 11.5. The van der Waals surface area contributed by atoms with Gasteiger partial charge in [-0.3, -0.25) is 10.2 Å². The van der Waals surface area contributed by atoms with Crippen LogP contribution in [0, 0.1) is 0 Å². The lowest BCUT2D eigenvalue weighted by Gasteiger charge is -2.26. The van der Waals surface area contributed by atoms with Crippen molar-refractivity contribution < 1.29 is 4.79 Å². The summed E-state index contributed by atoms with van der Waals surface area (Å²) in [4.78, 5) is 11.7. The normalized spacial score (nSPS) is 17.0. The van der Waals surface area contributed by atoms with Crippen LogP contribution in [0.5, 0.6) is 0 Å². The number of hydrogen-bond donors (Lipinski definition) is 1. The Bertz CT molecular complexity index is 336. The molecule has 2 rings (SSSR count). The van der Waals surface area contributed by atoms with E-state index < -0.39 is 0 Å². The van der Waals surface area contributed by atoms with Gasteiger partial charge in [-0.05, 0) is 5.56 Å². The van der Waals surface area contributed by atoms with Gasteiger partial charge in [0.25, 0.3) is 0 Å². The predicted octanol–water partition coefficient (Wildman–Crippen LogP) is 1.31. The molecule has 86 valence electrons. The molecule has 0 spiro atoms. The van der Waals surface area contributed by atoms with E-state index in [1.165, 1.54) is 0 Å². The van der Waals surface area contributed by atoms with Gasteiger partial charge >= 0.3 is 0 Å². The number of nitrogens with one attached hydrogen (secondary N) is 1. The minimum Gasteiger partial charge on any atom is -0.289 e. The number of rotatable bonds is 3. The first-order valence-electron chi connectivity index (χ1n) is 5.51. The Morgan fingerprint density at radius 3 is 2.62 bits per heavy atom. The SMILES string of the molecule is O=C(Cc1ccccc1)NN1CCSCC1. The van der Waals surface area contributed by atoms with Gasteiger partial charge in [0.1, 0.15) is 0 Å². The zero-order valence-electron chi connectivity index (χ0n) is 9.19. The van der Waals surface area contributed by atoms with E-state index in [1.807, 2.05) is 47.1 Å². The third kappa shape index (κ3) is 3.54. The van der Waals surface area contributed by atoms with Crippen LogP contribution in [0.4, 0.5) is 0 Å². The third-order valence-electron chi connectivity index (χ3n) is 2.50. The summed E-state index contributed by atoms with van der Waals surface area (Å²) in [6.07, 6.45) is 0.463. The molecule has 1 aromatic carbocycles. The first-order chi connectivity index (χ1) is 7.84. The average Bonchev–Trinajstić information content (AvgIpc) is 2.31. The lowest BCUT2D eigenvalue weighted by molar-refractivity contribution is -0.125. The second-order valence-electron chi connectivity index (χ2n) is 3.80. The van der Waals surface area contributed by atoms with E-state index in [4.69, 9.17) is 0 Å². The van der Waals surface area contributed by atoms with Crippen molar-refractivity contribution in [2.45, 2.75) is 6.42 Å². The van der Waals surface area contributed by atoms with Gasteiger partial charge in [-0.25, -0.2) is 5.01 Å². The van der Waals surface area contributed by atoms with Crippen LogP contribution < -0.4 is 5.43 Å². The molecule has 1 heterocycles. The van der Waals surface area contributed by atoms with Gasteiger partial charge < -0.3 is 0 Å². The maximum atomic E-state index is 11.7. The van der Waals surface area contributed by atoms with Crippen LogP contribution in [0.2, 0.25) is 0 Å². The molecule has 0 unspecified atom stereocenters. The number of thioether (sulfide) groups is 1. The second kappa shape index (κ2) is 5.92. The van der Waals surface area contributed by atoms with Gasteiger partial charge in [-0.15, -0.1) is 0 Å². The second-order valence-corrected chi connectivity index (χ2v) is 5.02. The topological polar surface area (TPSA) is 32.3 Å². The fourth-order valence-electron chi connectivity index (χ4n) is 1.67. The summed E-state index contributed by atoms with van der Waals surface area (Å²) in [5.41, 5.74) is 4.01. The van der Waals surface area contributed by atoms with Gasteiger partial charge in [0.15, 0.2) is 0 Å². The molecule has 0 radical (unpaired) electrons. The molecule has 1 aliphatic heterocycles. The maximum absolute atomic E-state index is 11.7. The highest BCUT2D eigenvalue weighted by molar-refractivity contribution is 7.99. The first-order valence-corrected chi connectivity index (χ1v) is 6.66. The van der Waals surface area contributed by atoms with Crippen LogP contribution in [0.1, 0.15) is 5.56 Å². The summed E-state index contributed by atoms with van der Waals surface area (Å²) in [6, 6.07) is 9.83. The number of nitrogens with zero attached hydrogens (tertiary/aromatic N) is 1. The van der Waals surface area contributed by atoms with Crippen molar-refractivity contribution in [1.29, 1.82) is 0 Å². The molecule has 1 fully saturated rings. The Labute approximate surface area is 100 Å². The van der Waals surface area contributed by atoms with Crippen molar-refractivity contribution in [1.82, 2.24) is 10.4 Å². The van der Waals surface area contributed by atoms with Crippen molar-refractivity contribution >= 4 is 17.7 Å². The smallest absolute Gasteiger partial charge is 0.238 e. The van der Waals surface area contributed by atoms with E-state index in [0.29, 0.717) is 6.42 Å². The van der Waals surface area contributed by atoms with E-state index >= 15 is 0 Å². The Kier molecular flexibility index (Phi) is 4.25. The number of benzene rings is 1. The average molecular weight is 236 g/mol. The van der Waals surface area contributed by atoms with Crippen molar-refractivity contribution in [3.63, 3.8) is 0 Å². The number of hydrazine groups is 1. The van der Waals surface area contributed by atoms with Crippen molar-refractivity contribution in [3.05, 3.63) is 35.9 Å². The van der Waals surface area contributed by atoms with Gasteiger partial charge in [-0.2, -0.15) is 11.8 Å². The summed E-state index contributed by atoms with van der Waals surface area (Å²) < 4.78 is 0. The van der Waals surface area contributed by atoms with Gasteiger partial charge in [-0.1, -0.05) is 30.3 Å². The fourth-order valence-corrected chi connectivity index (χ4v) is 2.58. The van der Waals surface area contributed by atoms with Crippen LogP contribution in [0.15, 0.2) is 30.3 Å². The molecule has 1 saturated heterocycles. The quantitative estimate of drug-likeness (QED) is 0.859. The highest BCUT2D eigenvalue weighted by Crippen LogP contribution is 2.07. The molecule has 1 aliphatic rings. The molecule has 1 amide bonds. The molecule has 16 heavy (non-hydrogen) atoms. The zero-order valence-corrected chi connectivity index (χ0v) is 10.0. The van der Waals surface area contributed by atoms with Crippen LogP contribution in [0.3, 0.4) is 0 Å². The zero-order chi connectivity index (χ0) is 11.2. The lowest BCUT2D eigenvalue weighted by Crippen LogP contribution is -2.47. The van der Waals surface area contributed by atoms with Crippen LogP contribution in [-0.4, -0.2) is 35.5 Å². The minimum atomic E-state index is 0.0816. The highest BCUT2D eigenvalue weighted by Gasteiger charge is 2.12. The van der Waals surface area contributed by atoms with E-state index in [1.54, 1.807) is 0 Å². The van der Waals surface area contributed by atoms with E-state index in [2.05, 4.69) is 5.43 Å². The molecular weight excluding hydrogens is 220 g/mol. The van der Waals surface area contributed by atoms with Crippen LogP contribution >= 0.6 is 11.8 Å². The monoisotopic (exact) mass is 236 g/mol. The molecule has 0 bridgehead atoms. The van der Waals surface area contributed by atoms with Crippen LogP contribution in [0.25, 0.3) is 0 Å². The fraction of sp³-hybridized carbons (Fsp3) is 0.417. The third-order valence-corrected chi connectivity index (χ3v) is 3.44. The number of hydrogen-bond acceptors (Lipinski definition) is 3. The number of carbonyl (C=O) groups is 1. The highest BCUT2D eigenvalue weighted by atomic mass is 32.2. The summed E-state index contributed by atoms with van der Waals surface area (Å²) in [5, 5.41) is 2.02. The number of carbonyl (C=O) groups excluding carboxylic acids is 1. The molecule has 3 nitrogen and oxygen atoms in total. The molecule has 1 aromatic rings. The van der Waals surface area contributed by atoms with Crippen molar-refractivity contribution in [2.24, 2.45) is 0 Å². The molecule has 0 aromatic heterocycles. The standard InChI is InChI=1S/C12H16N2OS/c15-12(10-11-4-2-1-3-5-11)13-14-6-8-16-9-7-14/h1-5H,6-10H2,(H,13,15). The lowest BCUT2D eigenvalue weighted by atomic mass is 10.1. The van der Waals surface area contributed by atoms with E-state index in [9.17, 15) is 4.79 Å². The Balaban J connectivity index is 1.80. The molecule has 0 atom stereocenters. The summed E-state index contributed by atoms with van der Waals surface area (Å²) in [7, 11) is 0. The van der Waals surface area contributed by atoms with Gasteiger partial charge in [0.05, 0.1) is 6.42 Å². The maximum Gasteiger partial charge on any atom is 0.238 e. The van der Waals surface area contributed by atoms with E-state index in [-0.39, 0.29) is 5.91 Å². The molecule has 4 heteroatoms. The Hall–Kier alpha value is -1.00. The van der Waals surface area contributed by atoms with Gasteiger partial charge in [0, 0.05) is 24.6 Å². The molecule has 0 aliphatic carbocycles. The van der Waals surface area contributed by atoms with E-state index in [0.717, 1.165) is 30.2 Å². The summed E-state index contributed by atoms with van der Waals surface area (Å²) >= 11 is 1.94. The molecular formula is C12H16N2OS.